The molecular formula is C22H29NO2. The van der Waals surface area contributed by atoms with Gasteiger partial charge in [-0.15, -0.1) is 0 Å². The third kappa shape index (κ3) is 3.86. The number of piperidine rings is 1. The summed E-state index contributed by atoms with van der Waals surface area (Å²) >= 11 is 0. The van der Waals surface area contributed by atoms with Crippen LogP contribution in [0.5, 0.6) is 0 Å². The summed E-state index contributed by atoms with van der Waals surface area (Å²) in [6, 6.07) is 10.3. The molecule has 1 unspecified atom stereocenters. The Morgan fingerprint density at radius 3 is 2.32 bits per heavy atom. The average Bonchev–Trinajstić information content (AvgIpc) is 2.67. The van der Waals surface area contributed by atoms with Gasteiger partial charge in [0.05, 0.1) is 5.69 Å². The van der Waals surface area contributed by atoms with Gasteiger partial charge in [0.1, 0.15) is 0 Å². The smallest absolute Gasteiger partial charge is 0.249 e. The summed E-state index contributed by atoms with van der Waals surface area (Å²) in [5.41, 5.74) is 2.18. The van der Waals surface area contributed by atoms with E-state index in [2.05, 4.69) is 24.0 Å². The molecule has 0 spiro atoms. The molecule has 2 aromatic carbocycles. The number of anilines is 1. The minimum absolute atomic E-state index is 0.0696. The van der Waals surface area contributed by atoms with Crippen molar-refractivity contribution in [3.05, 3.63) is 61.9 Å². The zero-order chi connectivity index (χ0) is 17.6. The van der Waals surface area contributed by atoms with Gasteiger partial charge in [0.15, 0.2) is 0 Å². The number of rotatable bonds is 8. The number of hydrogen-bond acceptors (Lipinski definition) is 3. The van der Waals surface area contributed by atoms with Crippen molar-refractivity contribution in [3.8, 4) is 0 Å². The van der Waals surface area contributed by atoms with Gasteiger partial charge in [0.25, 0.3) is 0 Å². The van der Waals surface area contributed by atoms with Crippen LogP contribution in [0.3, 0.4) is 0 Å². The molecule has 3 nitrogen and oxygen atoms in total. The lowest BCUT2D eigenvalue weighted by Crippen LogP contribution is -2.46. The van der Waals surface area contributed by atoms with E-state index < -0.39 is 0 Å². The van der Waals surface area contributed by atoms with Crippen molar-refractivity contribution in [2.24, 2.45) is 0 Å². The SMILES string of the molecule is CCCCCCC(c1ccccc1)c1c(N2CCCCC2)c(=O)c1=O. The van der Waals surface area contributed by atoms with Crippen LogP contribution in [-0.2, 0) is 0 Å². The van der Waals surface area contributed by atoms with E-state index in [1.807, 2.05) is 18.2 Å². The van der Waals surface area contributed by atoms with Gasteiger partial charge in [-0.25, -0.2) is 0 Å². The molecule has 0 aliphatic carbocycles. The highest BCUT2D eigenvalue weighted by molar-refractivity contribution is 5.62. The molecule has 2 aromatic rings. The summed E-state index contributed by atoms with van der Waals surface area (Å²) in [7, 11) is 0. The van der Waals surface area contributed by atoms with Gasteiger partial charge in [-0.1, -0.05) is 62.9 Å². The van der Waals surface area contributed by atoms with Crippen molar-refractivity contribution in [1.29, 1.82) is 0 Å². The second-order valence-corrected chi connectivity index (χ2v) is 7.28. The zero-order valence-corrected chi connectivity index (χ0v) is 15.3. The molecule has 1 fully saturated rings. The van der Waals surface area contributed by atoms with E-state index in [1.165, 1.54) is 31.2 Å². The number of benzene rings is 1. The molecule has 1 heterocycles. The lowest BCUT2D eigenvalue weighted by atomic mass is 9.82. The fraction of sp³-hybridized carbons (Fsp3) is 0.545. The minimum atomic E-state index is -0.258. The van der Waals surface area contributed by atoms with Gasteiger partial charge in [0, 0.05) is 24.6 Å². The molecule has 3 heteroatoms. The first kappa shape index (κ1) is 17.9. The molecular weight excluding hydrogens is 310 g/mol. The monoisotopic (exact) mass is 339 g/mol. The average molecular weight is 339 g/mol. The first-order chi connectivity index (χ1) is 12.2. The molecule has 0 amide bonds. The van der Waals surface area contributed by atoms with Gasteiger partial charge in [0.2, 0.25) is 10.9 Å². The Labute approximate surface area is 150 Å². The lowest BCUT2D eigenvalue weighted by Gasteiger charge is -2.33. The van der Waals surface area contributed by atoms with Crippen molar-refractivity contribution in [1.82, 2.24) is 0 Å². The predicted molar refractivity (Wildman–Crippen MR) is 104 cm³/mol. The summed E-state index contributed by atoms with van der Waals surface area (Å²) in [5.74, 6) is 0.0696. The molecule has 0 aromatic heterocycles. The van der Waals surface area contributed by atoms with E-state index in [-0.39, 0.29) is 16.8 Å². The fourth-order valence-corrected chi connectivity index (χ4v) is 4.09. The van der Waals surface area contributed by atoms with Crippen LogP contribution in [-0.4, -0.2) is 13.1 Å². The summed E-state index contributed by atoms with van der Waals surface area (Å²) in [6.07, 6.45) is 9.13. The van der Waals surface area contributed by atoms with Crippen molar-refractivity contribution < 1.29 is 0 Å². The zero-order valence-electron chi connectivity index (χ0n) is 15.3. The normalized spacial score (nSPS) is 16.3. The van der Waals surface area contributed by atoms with E-state index in [9.17, 15) is 9.59 Å². The Morgan fingerprint density at radius 2 is 1.64 bits per heavy atom. The van der Waals surface area contributed by atoms with E-state index in [0.717, 1.165) is 50.0 Å². The van der Waals surface area contributed by atoms with Gasteiger partial charge in [-0.3, -0.25) is 9.59 Å². The highest BCUT2D eigenvalue weighted by Gasteiger charge is 2.32. The third-order valence-electron chi connectivity index (χ3n) is 5.49. The van der Waals surface area contributed by atoms with Crippen molar-refractivity contribution in [3.63, 3.8) is 0 Å². The molecule has 0 N–H and O–H groups in total. The highest BCUT2D eigenvalue weighted by Crippen LogP contribution is 2.34. The summed E-state index contributed by atoms with van der Waals surface area (Å²) in [6.45, 7) is 4.03. The van der Waals surface area contributed by atoms with Gasteiger partial charge >= 0.3 is 0 Å². The van der Waals surface area contributed by atoms with Gasteiger partial charge in [-0.2, -0.15) is 0 Å². The van der Waals surface area contributed by atoms with Crippen LogP contribution in [0, 0.1) is 0 Å². The Hall–Kier alpha value is -1.90. The standard InChI is InChI=1S/C22H29NO2/c1-2-3-4-9-14-18(17-12-7-5-8-13-17)19-20(22(25)21(19)24)23-15-10-6-11-16-23/h5,7-8,12-13,18H,2-4,6,9-11,14-16H2,1H3. The third-order valence-corrected chi connectivity index (χ3v) is 5.49. The highest BCUT2D eigenvalue weighted by atomic mass is 16.2. The molecule has 0 bridgehead atoms. The first-order valence-electron chi connectivity index (χ1n) is 9.87. The van der Waals surface area contributed by atoms with Gasteiger partial charge < -0.3 is 4.90 Å². The summed E-state index contributed by atoms with van der Waals surface area (Å²) < 4.78 is 0. The predicted octanol–water partition coefficient (Wildman–Crippen LogP) is 4.38. The molecule has 25 heavy (non-hydrogen) atoms. The maximum Gasteiger partial charge on any atom is 0.249 e. The Bertz CT molecular complexity index is 737. The fourth-order valence-electron chi connectivity index (χ4n) is 4.09. The van der Waals surface area contributed by atoms with E-state index in [0.29, 0.717) is 0 Å². The molecule has 134 valence electrons. The lowest BCUT2D eigenvalue weighted by molar-refractivity contribution is 0.562. The Kier molecular flexibility index (Phi) is 6.06. The number of unbranched alkanes of at least 4 members (excludes halogenated alkanes) is 3. The van der Waals surface area contributed by atoms with E-state index in [4.69, 9.17) is 0 Å². The molecule has 1 aliphatic heterocycles. The molecule has 0 saturated carbocycles. The van der Waals surface area contributed by atoms with Crippen molar-refractivity contribution in [2.45, 2.75) is 64.2 Å². The maximum atomic E-state index is 12.5. The Balaban J connectivity index is 1.89. The number of nitrogens with zero attached hydrogens (tertiary/aromatic N) is 1. The molecule has 3 rings (SSSR count). The van der Waals surface area contributed by atoms with Crippen LogP contribution in [0.15, 0.2) is 39.9 Å². The van der Waals surface area contributed by atoms with Crippen LogP contribution in [0.4, 0.5) is 5.69 Å². The van der Waals surface area contributed by atoms with Crippen LogP contribution in [0.25, 0.3) is 0 Å². The second kappa shape index (κ2) is 8.46. The van der Waals surface area contributed by atoms with Crippen LogP contribution >= 0.6 is 0 Å². The van der Waals surface area contributed by atoms with E-state index >= 15 is 0 Å². The maximum absolute atomic E-state index is 12.5. The molecule has 1 aliphatic rings. The molecule has 1 saturated heterocycles. The van der Waals surface area contributed by atoms with Gasteiger partial charge in [-0.05, 0) is 31.2 Å². The molecule has 1 atom stereocenters. The minimum Gasteiger partial charge on any atom is -0.368 e. The molecule has 0 radical (unpaired) electrons. The van der Waals surface area contributed by atoms with Crippen molar-refractivity contribution in [2.75, 3.05) is 18.0 Å². The summed E-state index contributed by atoms with van der Waals surface area (Å²) in [5, 5.41) is 0. The van der Waals surface area contributed by atoms with E-state index in [1.54, 1.807) is 0 Å². The van der Waals surface area contributed by atoms with Crippen molar-refractivity contribution >= 4 is 5.69 Å². The largest absolute Gasteiger partial charge is 0.368 e. The van der Waals surface area contributed by atoms with Crippen LogP contribution in [0.1, 0.15) is 75.3 Å². The topological polar surface area (TPSA) is 37.4 Å². The quantitative estimate of drug-likeness (QED) is 0.529. The Morgan fingerprint density at radius 1 is 0.920 bits per heavy atom. The summed E-state index contributed by atoms with van der Waals surface area (Å²) in [4.78, 5) is 27.0. The second-order valence-electron chi connectivity index (χ2n) is 7.28. The van der Waals surface area contributed by atoms with Crippen LogP contribution in [0.2, 0.25) is 0 Å². The number of hydrogen-bond donors (Lipinski definition) is 0. The first-order valence-corrected chi connectivity index (χ1v) is 9.87. The van der Waals surface area contributed by atoms with Crippen LogP contribution < -0.4 is 15.8 Å².